The summed E-state index contributed by atoms with van der Waals surface area (Å²) in [5.74, 6) is -1.17. The molecule has 5 heteroatoms. The minimum absolute atomic E-state index is 0.0103. The molecule has 0 fully saturated rings. The predicted molar refractivity (Wildman–Crippen MR) is 80.6 cm³/mol. The van der Waals surface area contributed by atoms with Gasteiger partial charge in [-0.25, -0.2) is 4.79 Å². The van der Waals surface area contributed by atoms with E-state index in [1.165, 1.54) is 10.6 Å². The van der Waals surface area contributed by atoms with E-state index in [-0.39, 0.29) is 18.1 Å². The van der Waals surface area contributed by atoms with Crippen LogP contribution in [0.15, 0.2) is 42.6 Å². The number of likely N-dealkylation sites (N-methyl/N-ethyl adjacent to an activating group) is 1. The standard InChI is InChI=1S/C16H18N2O3/c1-3-18(13-8-6-12(2)7-9-13)15(19)11-17-10-4-5-14(17)16(20)21/h4-10H,3,11H2,1-2H3,(H,20,21). The van der Waals surface area contributed by atoms with Crippen molar-refractivity contribution in [3.63, 3.8) is 0 Å². The van der Waals surface area contributed by atoms with Gasteiger partial charge in [0.2, 0.25) is 5.91 Å². The van der Waals surface area contributed by atoms with Gasteiger partial charge in [0.15, 0.2) is 0 Å². The maximum atomic E-state index is 12.4. The van der Waals surface area contributed by atoms with Gasteiger partial charge in [-0.15, -0.1) is 0 Å². The first-order valence-corrected chi connectivity index (χ1v) is 6.78. The molecule has 0 saturated heterocycles. The molecular weight excluding hydrogens is 268 g/mol. The molecule has 2 aromatic rings. The Labute approximate surface area is 123 Å². The zero-order valence-electron chi connectivity index (χ0n) is 12.1. The van der Waals surface area contributed by atoms with Crippen molar-refractivity contribution in [1.82, 2.24) is 4.57 Å². The molecule has 0 aliphatic carbocycles. The van der Waals surface area contributed by atoms with Crippen molar-refractivity contribution in [2.24, 2.45) is 0 Å². The Hall–Kier alpha value is -2.56. The molecular formula is C16H18N2O3. The molecule has 1 aromatic carbocycles. The van der Waals surface area contributed by atoms with Gasteiger partial charge >= 0.3 is 5.97 Å². The van der Waals surface area contributed by atoms with Gasteiger partial charge in [0.25, 0.3) is 0 Å². The minimum atomic E-state index is -1.04. The molecule has 110 valence electrons. The molecule has 0 spiro atoms. The van der Waals surface area contributed by atoms with Gasteiger partial charge in [-0.2, -0.15) is 0 Å². The summed E-state index contributed by atoms with van der Waals surface area (Å²) in [6.45, 7) is 4.42. The van der Waals surface area contributed by atoms with Crippen LogP contribution in [0, 0.1) is 6.92 Å². The normalized spacial score (nSPS) is 10.4. The summed E-state index contributed by atoms with van der Waals surface area (Å²) in [6.07, 6.45) is 1.60. The number of carbonyl (C=O) groups is 2. The first-order valence-electron chi connectivity index (χ1n) is 6.78. The summed E-state index contributed by atoms with van der Waals surface area (Å²) in [5, 5.41) is 9.07. The van der Waals surface area contributed by atoms with Crippen LogP contribution in [-0.2, 0) is 11.3 Å². The van der Waals surface area contributed by atoms with E-state index in [2.05, 4.69) is 0 Å². The van der Waals surface area contributed by atoms with Crippen molar-refractivity contribution >= 4 is 17.6 Å². The van der Waals surface area contributed by atoms with E-state index in [0.717, 1.165) is 11.3 Å². The summed E-state index contributed by atoms with van der Waals surface area (Å²) in [6, 6.07) is 10.8. The van der Waals surface area contributed by atoms with Crippen LogP contribution in [0.25, 0.3) is 0 Å². The highest BCUT2D eigenvalue weighted by Gasteiger charge is 2.17. The first-order chi connectivity index (χ1) is 10.0. The lowest BCUT2D eigenvalue weighted by Crippen LogP contribution is -2.34. The minimum Gasteiger partial charge on any atom is -0.477 e. The van der Waals surface area contributed by atoms with Gasteiger partial charge in [0.1, 0.15) is 12.2 Å². The third kappa shape index (κ3) is 3.31. The smallest absolute Gasteiger partial charge is 0.352 e. The maximum Gasteiger partial charge on any atom is 0.352 e. The fourth-order valence-corrected chi connectivity index (χ4v) is 2.20. The molecule has 1 amide bonds. The summed E-state index contributed by atoms with van der Waals surface area (Å²) < 4.78 is 1.45. The van der Waals surface area contributed by atoms with Gasteiger partial charge in [-0.05, 0) is 38.1 Å². The molecule has 1 aromatic heterocycles. The van der Waals surface area contributed by atoms with Gasteiger partial charge in [-0.3, -0.25) is 4.79 Å². The average Bonchev–Trinajstić information content (AvgIpc) is 2.90. The first kappa shape index (κ1) is 14.8. The van der Waals surface area contributed by atoms with Gasteiger partial charge in [0, 0.05) is 18.4 Å². The number of anilines is 1. The fraction of sp³-hybridized carbons (Fsp3) is 0.250. The molecule has 0 bridgehead atoms. The lowest BCUT2D eigenvalue weighted by atomic mass is 10.2. The van der Waals surface area contributed by atoms with Crippen molar-refractivity contribution in [3.8, 4) is 0 Å². The molecule has 0 unspecified atom stereocenters. The monoisotopic (exact) mass is 286 g/mol. The third-order valence-corrected chi connectivity index (χ3v) is 3.32. The van der Waals surface area contributed by atoms with E-state index < -0.39 is 5.97 Å². The van der Waals surface area contributed by atoms with E-state index in [0.29, 0.717) is 6.54 Å². The second kappa shape index (κ2) is 6.26. The number of carboxylic acid groups (broad SMARTS) is 1. The van der Waals surface area contributed by atoms with Crippen molar-refractivity contribution in [2.75, 3.05) is 11.4 Å². The number of aromatic nitrogens is 1. The number of nitrogens with zero attached hydrogens (tertiary/aromatic N) is 2. The van der Waals surface area contributed by atoms with E-state index >= 15 is 0 Å². The van der Waals surface area contributed by atoms with Crippen LogP contribution in [0.3, 0.4) is 0 Å². The zero-order valence-corrected chi connectivity index (χ0v) is 12.1. The number of amides is 1. The Balaban J connectivity index is 2.19. The summed E-state index contributed by atoms with van der Waals surface area (Å²) in [5.41, 5.74) is 2.06. The summed E-state index contributed by atoms with van der Waals surface area (Å²) >= 11 is 0. The summed E-state index contributed by atoms with van der Waals surface area (Å²) in [4.78, 5) is 25.1. The average molecular weight is 286 g/mol. The lowest BCUT2D eigenvalue weighted by molar-refractivity contribution is -0.119. The van der Waals surface area contributed by atoms with Crippen LogP contribution in [0.4, 0.5) is 5.69 Å². The fourth-order valence-electron chi connectivity index (χ4n) is 2.20. The van der Waals surface area contributed by atoms with Gasteiger partial charge in [-0.1, -0.05) is 17.7 Å². The Morgan fingerprint density at radius 2 is 1.86 bits per heavy atom. The molecule has 0 atom stereocenters. The highest BCUT2D eigenvalue weighted by atomic mass is 16.4. The number of carboxylic acids is 1. The molecule has 0 saturated carbocycles. The Kier molecular flexibility index (Phi) is 4.42. The number of rotatable bonds is 5. The second-order valence-electron chi connectivity index (χ2n) is 4.80. The molecule has 1 heterocycles. The van der Waals surface area contributed by atoms with Crippen LogP contribution < -0.4 is 4.90 Å². The van der Waals surface area contributed by atoms with E-state index in [1.54, 1.807) is 17.2 Å². The van der Waals surface area contributed by atoms with Crippen LogP contribution in [0.5, 0.6) is 0 Å². The number of hydrogen-bond donors (Lipinski definition) is 1. The SMILES string of the molecule is CCN(C(=O)Cn1cccc1C(=O)O)c1ccc(C)cc1. The number of aryl methyl sites for hydroxylation is 1. The maximum absolute atomic E-state index is 12.4. The number of carbonyl (C=O) groups excluding carboxylic acids is 1. The molecule has 2 rings (SSSR count). The van der Waals surface area contributed by atoms with E-state index in [1.807, 2.05) is 38.1 Å². The lowest BCUT2D eigenvalue weighted by Gasteiger charge is -2.22. The van der Waals surface area contributed by atoms with Gasteiger partial charge in [0.05, 0.1) is 0 Å². The number of hydrogen-bond acceptors (Lipinski definition) is 2. The second-order valence-corrected chi connectivity index (χ2v) is 4.80. The quantitative estimate of drug-likeness (QED) is 0.918. The third-order valence-electron chi connectivity index (χ3n) is 3.32. The Morgan fingerprint density at radius 3 is 2.43 bits per heavy atom. The van der Waals surface area contributed by atoms with Crippen LogP contribution in [0.2, 0.25) is 0 Å². The predicted octanol–water partition coefficient (Wildman–Crippen LogP) is 2.55. The van der Waals surface area contributed by atoms with Gasteiger partial charge < -0.3 is 14.6 Å². The molecule has 0 radical (unpaired) electrons. The Bertz CT molecular complexity index is 644. The molecule has 1 N–H and O–H groups in total. The van der Waals surface area contributed by atoms with E-state index in [4.69, 9.17) is 5.11 Å². The molecule has 21 heavy (non-hydrogen) atoms. The zero-order chi connectivity index (χ0) is 15.4. The number of benzene rings is 1. The van der Waals surface area contributed by atoms with Crippen molar-refractivity contribution in [2.45, 2.75) is 20.4 Å². The Morgan fingerprint density at radius 1 is 1.19 bits per heavy atom. The van der Waals surface area contributed by atoms with Crippen LogP contribution >= 0.6 is 0 Å². The summed E-state index contributed by atoms with van der Waals surface area (Å²) in [7, 11) is 0. The van der Waals surface area contributed by atoms with Crippen molar-refractivity contribution in [1.29, 1.82) is 0 Å². The number of aromatic carboxylic acids is 1. The van der Waals surface area contributed by atoms with E-state index in [9.17, 15) is 9.59 Å². The van der Waals surface area contributed by atoms with Crippen LogP contribution in [-0.4, -0.2) is 28.1 Å². The highest BCUT2D eigenvalue weighted by molar-refractivity contribution is 5.94. The highest BCUT2D eigenvalue weighted by Crippen LogP contribution is 2.16. The van der Waals surface area contributed by atoms with Crippen molar-refractivity contribution in [3.05, 3.63) is 53.9 Å². The molecule has 0 aliphatic rings. The molecule has 5 nitrogen and oxygen atoms in total. The molecule has 0 aliphatic heterocycles. The topological polar surface area (TPSA) is 62.5 Å². The van der Waals surface area contributed by atoms with Crippen molar-refractivity contribution < 1.29 is 14.7 Å². The largest absolute Gasteiger partial charge is 0.477 e. The van der Waals surface area contributed by atoms with Crippen LogP contribution in [0.1, 0.15) is 23.0 Å².